The summed E-state index contributed by atoms with van der Waals surface area (Å²) in [5, 5.41) is 3.27. The summed E-state index contributed by atoms with van der Waals surface area (Å²) in [6.45, 7) is 11.9. The summed E-state index contributed by atoms with van der Waals surface area (Å²) in [7, 11) is 1.90. The van der Waals surface area contributed by atoms with E-state index in [1.54, 1.807) is 0 Å². The predicted octanol–water partition coefficient (Wildman–Crippen LogP) is 2.73. The van der Waals surface area contributed by atoms with Gasteiger partial charge in [-0.2, -0.15) is 0 Å². The molecule has 0 aliphatic rings. The molecule has 7 nitrogen and oxygen atoms in total. The van der Waals surface area contributed by atoms with Crippen LogP contribution >= 0.6 is 24.0 Å². The van der Waals surface area contributed by atoms with Crippen molar-refractivity contribution in [3.63, 3.8) is 0 Å². The van der Waals surface area contributed by atoms with Gasteiger partial charge in [0.2, 0.25) is 5.91 Å². The average Bonchev–Trinajstić information content (AvgIpc) is 2.97. The van der Waals surface area contributed by atoms with Gasteiger partial charge in [-0.05, 0) is 39.8 Å². The number of aromatic nitrogens is 2. The molecule has 0 fully saturated rings. The standard InChI is InChI=1S/C20H32N6O.HI/c1-6-21-20(24(5)15-19(27)25(7-2)8-3)22-13-14-26-16(4)23-17-11-9-10-12-18(17)26;/h9-12H,6-8,13-15H2,1-5H3,(H,21,22);1H. The fourth-order valence-electron chi connectivity index (χ4n) is 3.16. The van der Waals surface area contributed by atoms with Crippen LogP contribution in [0.1, 0.15) is 26.6 Å². The second-order valence-corrected chi connectivity index (χ2v) is 6.46. The number of hydrogen-bond acceptors (Lipinski definition) is 3. The maximum Gasteiger partial charge on any atom is 0.242 e. The van der Waals surface area contributed by atoms with Crippen molar-refractivity contribution in [3.05, 3.63) is 30.1 Å². The molecule has 0 aliphatic heterocycles. The van der Waals surface area contributed by atoms with Crippen molar-refractivity contribution in [2.24, 2.45) is 4.99 Å². The van der Waals surface area contributed by atoms with E-state index >= 15 is 0 Å². The molecule has 0 saturated carbocycles. The molecule has 0 atom stereocenters. The number of nitrogens with one attached hydrogen (secondary N) is 1. The van der Waals surface area contributed by atoms with Crippen LogP contribution in [0.25, 0.3) is 11.0 Å². The second-order valence-electron chi connectivity index (χ2n) is 6.46. The van der Waals surface area contributed by atoms with Gasteiger partial charge in [0, 0.05) is 33.2 Å². The number of carbonyl (C=O) groups is 1. The molecule has 1 aromatic heterocycles. The molecule has 28 heavy (non-hydrogen) atoms. The van der Waals surface area contributed by atoms with E-state index in [1.165, 1.54) is 0 Å². The predicted molar refractivity (Wildman–Crippen MR) is 126 cm³/mol. The first-order valence-corrected chi connectivity index (χ1v) is 9.70. The van der Waals surface area contributed by atoms with Crippen LogP contribution in [0.2, 0.25) is 0 Å². The fourth-order valence-corrected chi connectivity index (χ4v) is 3.16. The third-order valence-corrected chi connectivity index (χ3v) is 4.62. The van der Waals surface area contributed by atoms with Gasteiger partial charge in [-0.1, -0.05) is 12.1 Å². The van der Waals surface area contributed by atoms with E-state index in [2.05, 4.69) is 20.9 Å². The summed E-state index contributed by atoms with van der Waals surface area (Å²) in [5.41, 5.74) is 2.13. The highest BCUT2D eigenvalue weighted by Gasteiger charge is 2.15. The largest absolute Gasteiger partial charge is 0.357 e. The molecule has 1 amide bonds. The van der Waals surface area contributed by atoms with Gasteiger partial charge in [0.25, 0.3) is 0 Å². The lowest BCUT2D eigenvalue weighted by atomic mass is 10.3. The topological polar surface area (TPSA) is 65.8 Å². The molecular weight excluding hydrogens is 467 g/mol. The molecule has 0 radical (unpaired) electrons. The lowest BCUT2D eigenvalue weighted by Gasteiger charge is -2.25. The highest BCUT2D eigenvalue weighted by atomic mass is 127. The van der Waals surface area contributed by atoms with E-state index in [1.807, 2.05) is 62.7 Å². The molecule has 0 aliphatic carbocycles. The Morgan fingerprint density at radius 2 is 1.89 bits per heavy atom. The van der Waals surface area contributed by atoms with Crippen molar-refractivity contribution < 1.29 is 4.79 Å². The van der Waals surface area contributed by atoms with Crippen LogP contribution in [-0.4, -0.2) is 71.0 Å². The lowest BCUT2D eigenvalue weighted by molar-refractivity contribution is -0.131. The van der Waals surface area contributed by atoms with E-state index in [-0.39, 0.29) is 29.9 Å². The highest BCUT2D eigenvalue weighted by molar-refractivity contribution is 14.0. The molecule has 2 aromatic rings. The summed E-state index contributed by atoms with van der Waals surface area (Å²) in [6.07, 6.45) is 0. The SMILES string of the molecule is CCNC(=NCCn1c(C)nc2ccccc21)N(C)CC(=O)N(CC)CC.I. The summed E-state index contributed by atoms with van der Waals surface area (Å²) >= 11 is 0. The van der Waals surface area contributed by atoms with Gasteiger partial charge < -0.3 is 19.7 Å². The van der Waals surface area contributed by atoms with Gasteiger partial charge >= 0.3 is 0 Å². The minimum atomic E-state index is 0. The minimum Gasteiger partial charge on any atom is -0.357 e. The van der Waals surface area contributed by atoms with Gasteiger partial charge in [0.1, 0.15) is 5.82 Å². The summed E-state index contributed by atoms with van der Waals surface area (Å²) in [5.74, 6) is 1.85. The van der Waals surface area contributed by atoms with E-state index < -0.39 is 0 Å². The Labute approximate surface area is 185 Å². The van der Waals surface area contributed by atoms with Crippen LogP contribution in [-0.2, 0) is 11.3 Å². The van der Waals surface area contributed by atoms with Crippen LogP contribution in [0.3, 0.4) is 0 Å². The highest BCUT2D eigenvalue weighted by Crippen LogP contribution is 2.15. The van der Waals surface area contributed by atoms with Crippen molar-refractivity contribution in [3.8, 4) is 0 Å². The second kappa shape index (κ2) is 11.9. The number of likely N-dealkylation sites (N-methyl/N-ethyl adjacent to an activating group) is 2. The number of carbonyl (C=O) groups excluding carboxylic acids is 1. The number of aliphatic imine (C=N–C) groups is 1. The molecule has 156 valence electrons. The van der Waals surface area contributed by atoms with E-state index in [4.69, 9.17) is 4.99 Å². The zero-order valence-electron chi connectivity index (χ0n) is 17.6. The Morgan fingerprint density at radius 1 is 1.21 bits per heavy atom. The zero-order chi connectivity index (χ0) is 19.8. The Bertz CT molecular complexity index is 784. The third-order valence-electron chi connectivity index (χ3n) is 4.62. The van der Waals surface area contributed by atoms with E-state index in [9.17, 15) is 4.79 Å². The molecule has 0 bridgehead atoms. The summed E-state index contributed by atoms with van der Waals surface area (Å²) in [4.78, 5) is 25.4. The number of hydrogen-bond donors (Lipinski definition) is 1. The van der Waals surface area contributed by atoms with Gasteiger partial charge in [-0.15, -0.1) is 24.0 Å². The Morgan fingerprint density at radius 3 is 2.54 bits per heavy atom. The van der Waals surface area contributed by atoms with E-state index in [0.29, 0.717) is 13.1 Å². The van der Waals surface area contributed by atoms with Crippen LogP contribution in [0.15, 0.2) is 29.3 Å². The van der Waals surface area contributed by atoms with Gasteiger partial charge in [-0.25, -0.2) is 4.98 Å². The van der Waals surface area contributed by atoms with Crippen molar-refractivity contribution in [1.29, 1.82) is 0 Å². The number of nitrogens with zero attached hydrogens (tertiary/aromatic N) is 5. The van der Waals surface area contributed by atoms with Crippen LogP contribution in [0.4, 0.5) is 0 Å². The fraction of sp³-hybridized carbons (Fsp3) is 0.550. The first kappa shape index (κ1) is 24.2. The summed E-state index contributed by atoms with van der Waals surface area (Å²) < 4.78 is 2.18. The maximum absolute atomic E-state index is 12.4. The van der Waals surface area contributed by atoms with Crippen molar-refractivity contribution >= 4 is 46.9 Å². The quantitative estimate of drug-likeness (QED) is 0.344. The first-order chi connectivity index (χ1) is 13.0. The number of benzene rings is 1. The van der Waals surface area contributed by atoms with Crippen molar-refractivity contribution in [1.82, 2.24) is 24.7 Å². The first-order valence-electron chi connectivity index (χ1n) is 9.70. The van der Waals surface area contributed by atoms with Crippen molar-refractivity contribution in [2.75, 3.05) is 39.8 Å². The number of rotatable bonds is 8. The van der Waals surface area contributed by atoms with Gasteiger partial charge in [0.15, 0.2) is 5.96 Å². The smallest absolute Gasteiger partial charge is 0.242 e. The Kier molecular flexibility index (Phi) is 10.3. The number of imidazole rings is 1. The lowest BCUT2D eigenvalue weighted by Crippen LogP contribution is -2.45. The Hall–Kier alpha value is -1.84. The number of guanidine groups is 1. The molecule has 1 aromatic carbocycles. The zero-order valence-corrected chi connectivity index (χ0v) is 19.9. The van der Waals surface area contributed by atoms with Gasteiger partial charge in [-0.3, -0.25) is 9.79 Å². The minimum absolute atomic E-state index is 0. The number of fused-ring (bicyclic) bond motifs is 1. The number of para-hydroxylation sites is 2. The van der Waals surface area contributed by atoms with Crippen LogP contribution < -0.4 is 5.32 Å². The molecule has 2 rings (SSSR count). The van der Waals surface area contributed by atoms with Crippen molar-refractivity contribution in [2.45, 2.75) is 34.2 Å². The number of amides is 1. The van der Waals surface area contributed by atoms with Crippen LogP contribution in [0.5, 0.6) is 0 Å². The molecule has 0 spiro atoms. The normalized spacial score (nSPS) is 11.2. The molecule has 0 saturated heterocycles. The average molecular weight is 500 g/mol. The maximum atomic E-state index is 12.4. The number of aryl methyl sites for hydroxylation is 1. The molecule has 1 heterocycles. The third kappa shape index (κ3) is 6.08. The molecule has 1 N–H and O–H groups in total. The molecule has 0 unspecified atom stereocenters. The van der Waals surface area contributed by atoms with Crippen LogP contribution in [0, 0.1) is 6.92 Å². The Balaban J connectivity index is 0.00000392. The monoisotopic (exact) mass is 500 g/mol. The number of halogens is 1. The molecule has 8 heteroatoms. The molecular formula is C20H33IN6O. The van der Waals surface area contributed by atoms with Gasteiger partial charge in [0.05, 0.1) is 24.1 Å². The summed E-state index contributed by atoms with van der Waals surface area (Å²) in [6, 6.07) is 8.14. The van der Waals surface area contributed by atoms with E-state index in [0.717, 1.165) is 49.0 Å².